The SMILES string of the molecule is CC(=O)O[C@H]1C[C@@H]2[C@]3(CC[C@@]4(C)[C@H]([C@]5(C)CC[C@H](C(C)(C)O)O5)[C@H](OC(C)=O)C[C@@]24C)C[C@@]32CC[C@@H](OC(C)=O)C(C)(C)[C@@H]12. The fourth-order valence-corrected chi connectivity index (χ4v) is 13.1. The van der Waals surface area contributed by atoms with Gasteiger partial charge < -0.3 is 24.1 Å². The molecule has 248 valence electrons. The lowest BCUT2D eigenvalue weighted by Gasteiger charge is -2.64. The standard InChI is InChI=1S/C36H56O8/c1-20(37)41-23-17-25-33(9)18-24(42-21(2)38)29(34(10)13-11-27(44-34)31(6,7)40)32(33,8)15-16-35(25)19-36(35)14-12-26(43-22(3)39)30(4,5)28(23)36/h23-29,40H,11-19H2,1-10H3/t23-,24+,25-,26+,27+,28+,29+,32-,33-,34-,35-,36+/m0/s1. The van der Waals surface area contributed by atoms with Gasteiger partial charge in [-0.05, 0) is 106 Å². The van der Waals surface area contributed by atoms with E-state index in [-0.39, 0.29) is 87.2 Å². The molecule has 0 bridgehead atoms. The predicted molar refractivity (Wildman–Crippen MR) is 163 cm³/mol. The number of aliphatic hydroxyl groups is 1. The van der Waals surface area contributed by atoms with Gasteiger partial charge in [0.15, 0.2) is 0 Å². The molecule has 1 heterocycles. The molecule has 12 atom stereocenters. The van der Waals surface area contributed by atoms with Crippen molar-refractivity contribution in [3.63, 3.8) is 0 Å². The molecule has 1 N–H and O–H groups in total. The lowest BCUT2D eigenvalue weighted by Crippen LogP contribution is -2.63. The summed E-state index contributed by atoms with van der Waals surface area (Å²) in [7, 11) is 0. The first-order valence-electron chi connectivity index (χ1n) is 17.1. The summed E-state index contributed by atoms with van der Waals surface area (Å²) >= 11 is 0. The Morgan fingerprint density at radius 2 is 1.36 bits per heavy atom. The monoisotopic (exact) mass is 616 g/mol. The third kappa shape index (κ3) is 4.24. The molecule has 1 aliphatic heterocycles. The van der Waals surface area contributed by atoms with Crippen molar-refractivity contribution >= 4 is 17.9 Å². The lowest BCUT2D eigenvalue weighted by atomic mass is 9.41. The fraction of sp³-hybridized carbons (Fsp3) is 0.917. The highest BCUT2D eigenvalue weighted by Gasteiger charge is 2.85. The topological polar surface area (TPSA) is 108 Å². The summed E-state index contributed by atoms with van der Waals surface area (Å²) in [4.78, 5) is 37.4. The lowest BCUT2D eigenvalue weighted by molar-refractivity contribution is -0.224. The third-order valence-corrected chi connectivity index (χ3v) is 14.6. The molecule has 5 aliphatic carbocycles. The summed E-state index contributed by atoms with van der Waals surface area (Å²) in [6.07, 6.45) is 7.01. The number of ether oxygens (including phenoxy) is 4. The van der Waals surface area contributed by atoms with Crippen LogP contribution in [0.4, 0.5) is 0 Å². The molecule has 8 nitrogen and oxygen atoms in total. The van der Waals surface area contributed by atoms with Crippen LogP contribution in [-0.2, 0) is 33.3 Å². The van der Waals surface area contributed by atoms with Crippen LogP contribution in [0.2, 0.25) is 0 Å². The quantitative estimate of drug-likeness (QED) is 0.290. The average Bonchev–Trinajstić information content (AvgIpc) is 3.21. The maximum Gasteiger partial charge on any atom is 0.302 e. The summed E-state index contributed by atoms with van der Waals surface area (Å²) in [5.74, 6) is -0.426. The van der Waals surface area contributed by atoms with Gasteiger partial charge in [0.1, 0.15) is 18.3 Å². The minimum Gasteiger partial charge on any atom is -0.462 e. The van der Waals surface area contributed by atoms with Gasteiger partial charge in [-0.2, -0.15) is 0 Å². The highest BCUT2D eigenvalue weighted by Crippen LogP contribution is 2.89. The molecule has 6 fully saturated rings. The largest absolute Gasteiger partial charge is 0.462 e. The van der Waals surface area contributed by atoms with Gasteiger partial charge in [0.25, 0.3) is 0 Å². The summed E-state index contributed by atoms with van der Waals surface area (Å²) in [6.45, 7) is 19.6. The van der Waals surface area contributed by atoms with E-state index >= 15 is 0 Å². The minimum absolute atomic E-state index is 0.0231. The second-order valence-electron chi connectivity index (χ2n) is 17.6. The van der Waals surface area contributed by atoms with Crippen LogP contribution in [0, 0.1) is 44.8 Å². The van der Waals surface area contributed by atoms with Crippen molar-refractivity contribution in [2.24, 2.45) is 44.8 Å². The molecule has 0 unspecified atom stereocenters. The van der Waals surface area contributed by atoms with Gasteiger partial charge >= 0.3 is 17.9 Å². The maximum absolute atomic E-state index is 12.7. The van der Waals surface area contributed by atoms with Crippen molar-refractivity contribution in [3.05, 3.63) is 0 Å². The van der Waals surface area contributed by atoms with Crippen molar-refractivity contribution in [3.8, 4) is 0 Å². The molecule has 1 saturated heterocycles. The van der Waals surface area contributed by atoms with Crippen molar-refractivity contribution in [1.29, 1.82) is 0 Å². The molecule has 0 amide bonds. The first kappa shape index (κ1) is 32.3. The minimum atomic E-state index is -0.956. The van der Waals surface area contributed by atoms with Crippen LogP contribution in [0.3, 0.4) is 0 Å². The number of hydrogen-bond acceptors (Lipinski definition) is 8. The normalized spacial score (nSPS) is 50.4. The van der Waals surface area contributed by atoms with Gasteiger partial charge in [-0.3, -0.25) is 14.4 Å². The van der Waals surface area contributed by atoms with E-state index < -0.39 is 11.2 Å². The van der Waals surface area contributed by atoms with Gasteiger partial charge in [-0.15, -0.1) is 0 Å². The Morgan fingerprint density at radius 3 is 1.93 bits per heavy atom. The summed E-state index contributed by atoms with van der Waals surface area (Å²) in [6, 6.07) is 0. The zero-order valence-corrected chi connectivity index (χ0v) is 28.7. The van der Waals surface area contributed by atoms with E-state index in [1.54, 1.807) is 0 Å². The summed E-state index contributed by atoms with van der Waals surface area (Å²) in [5, 5.41) is 10.9. The average molecular weight is 617 g/mol. The van der Waals surface area contributed by atoms with Crippen molar-refractivity contribution in [2.75, 3.05) is 0 Å². The van der Waals surface area contributed by atoms with Crippen LogP contribution in [0.1, 0.15) is 127 Å². The number of fused-ring (bicyclic) bond motifs is 2. The van der Waals surface area contributed by atoms with Gasteiger partial charge in [0, 0.05) is 38.0 Å². The Hall–Kier alpha value is -1.67. The van der Waals surface area contributed by atoms with E-state index in [9.17, 15) is 19.5 Å². The van der Waals surface area contributed by atoms with Crippen molar-refractivity contribution in [2.45, 2.75) is 163 Å². The van der Waals surface area contributed by atoms with E-state index in [1.165, 1.54) is 20.8 Å². The first-order chi connectivity index (χ1) is 20.2. The molecule has 8 heteroatoms. The molecule has 2 spiro atoms. The Morgan fingerprint density at radius 1 is 0.750 bits per heavy atom. The molecule has 6 aliphatic rings. The van der Waals surface area contributed by atoms with Gasteiger partial charge in [-0.25, -0.2) is 0 Å². The zero-order valence-electron chi connectivity index (χ0n) is 28.7. The van der Waals surface area contributed by atoms with Gasteiger partial charge in [0.05, 0.1) is 17.3 Å². The van der Waals surface area contributed by atoms with Gasteiger partial charge in [-0.1, -0.05) is 27.7 Å². The highest BCUT2D eigenvalue weighted by molar-refractivity contribution is 5.67. The van der Waals surface area contributed by atoms with E-state index in [4.69, 9.17) is 18.9 Å². The molecular formula is C36H56O8. The van der Waals surface area contributed by atoms with E-state index in [2.05, 4.69) is 34.6 Å². The van der Waals surface area contributed by atoms with Crippen LogP contribution in [-0.4, -0.2) is 58.6 Å². The van der Waals surface area contributed by atoms with Crippen LogP contribution in [0.25, 0.3) is 0 Å². The molecule has 0 aromatic heterocycles. The van der Waals surface area contributed by atoms with Crippen LogP contribution >= 0.6 is 0 Å². The zero-order chi connectivity index (χ0) is 32.5. The Kier molecular flexibility index (Phi) is 7.10. The molecule has 44 heavy (non-hydrogen) atoms. The van der Waals surface area contributed by atoms with Crippen molar-refractivity contribution in [1.82, 2.24) is 0 Å². The maximum atomic E-state index is 12.7. The molecule has 0 aromatic rings. The molecule has 5 saturated carbocycles. The number of carbonyl (C=O) groups is 3. The number of carbonyl (C=O) groups excluding carboxylic acids is 3. The van der Waals surface area contributed by atoms with E-state index in [0.29, 0.717) is 0 Å². The second kappa shape index (κ2) is 9.68. The first-order valence-corrected chi connectivity index (χ1v) is 17.1. The Labute approximate surface area is 263 Å². The Balaban J connectivity index is 1.42. The third-order valence-electron chi connectivity index (χ3n) is 14.6. The second-order valence-corrected chi connectivity index (χ2v) is 17.6. The molecule has 6 rings (SSSR count). The smallest absolute Gasteiger partial charge is 0.302 e. The van der Waals surface area contributed by atoms with E-state index in [1.807, 2.05) is 13.8 Å². The number of esters is 3. The van der Waals surface area contributed by atoms with Gasteiger partial charge in [0.2, 0.25) is 0 Å². The summed E-state index contributed by atoms with van der Waals surface area (Å²) < 4.78 is 25.3. The number of hydrogen-bond donors (Lipinski definition) is 1. The molecular weight excluding hydrogens is 560 g/mol. The predicted octanol–water partition coefficient (Wildman–Crippen LogP) is 6.15. The highest BCUT2D eigenvalue weighted by atomic mass is 16.6. The molecule has 0 radical (unpaired) electrons. The van der Waals surface area contributed by atoms with Crippen LogP contribution in [0.5, 0.6) is 0 Å². The summed E-state index contributed by atoms with van der Waals surface area (Å²) in [5.41, 5.74) is -2.07. The van der Waals surface area contributed by atoms with Crippen molar-refractivity contribution < 1.29 is 38.4 Å². The Bertz CT molecular complexity index is 1240. The van der Waals surface area contributed by atoms with E-state index in [0.717, 1.165) is 57.8 Å². The van der Waals surface area contributed by atoms with Crippen LogP contribution < -0.4 is 0 Å². The molecule has 0 aromatic carbocycles. The fourth-order valence-electron chi connectivity index (χ4n) is 13.1. The number of rotatable bonds is 5. The van der Waals surface area contributed by atoms with Crippen LogP contribution in [0.15, 0.2) is 0 Å².